The molecule has 0 aromatic carbocycles. The van der Waals surface area contributed by atoms with E-state index < -0.39 is 5.54 Å². The second kappa shape index (κ2) is 5.98. The molecule has 1 unspecified atom stereocenters. The third kappa shape index (κ3) is 2.69. The molecule has 1 heterocycles. The molecule has 4 heteroatoms. The average molecular weight is 292 g/mol. The van der Waals surface area contributed by atoms with Crippen LogP contribution in [-0.4, -0.2) is 34.8 Å². The maximum Gasteiger partial charge on any atom is 0.249 e. The van der Waals surface area contributed by atoms with Gasteiger partial charge in [-0.2, -0.15) is 0 Å². The lowest BCUT2D eigenvalue weighted by atomic mass is 9.85. The molecular weight excluding hydrogens is 264 g/mol. The van der Waals surface area contributed by atoms with Crippen LogP contribution in [0.3, 0.4) is 0 Å². The van der Waals surface area contributed by atoms with Gasteiger partial charge >= 0.3 is 0 Å². The van der Waals surface area contributed by atoms with E-state index in [9.17, 15) is 9.59 Å². The molecule has 4 nitrogen and oxygen atoms in total. The lowest BCUT2D eigenvalue weighted by Gasteiger charge is -2.45. The number of carbonyl (C=O) groups excluding carboxylic acids is 2. The van der Waals surface area contributed by atoms with Crippen molar-refractivity contribution in [1.29, 1.82) is 0 Å². The van der Waals surface area contributed by atoms with E-state index in [2.05, 4.69) is 5.32 Å². The van der Waals surface area contributed by atoms with Crippen LogP contribution in [-0.2, 0) is 9.59 Å². The number of rotatable bonds is 3. The first-order valence-corrected chi connectivity index (χ1v) is 8.79. The van der Waals surface area contributed by atoms with E-state index in [1.165, 1.54) is 32.1 Å². The van der Waals surface area contributed by atoms with Crippen LogP contribution in [0.4, 0.5) is 0 Å². The number of carbonyl (C=O) groups is 2. The zero-order valence-corrected chi connectivity index (χ0v) is 13.2. The fraction of sp³-hybridized carbons (Fsp3) is 0.882. The van der Waals surface area contributed by atoms with Gasteiger partial charge in [0.05, 0.1) is 0 Å². The maximum atomic E-state index is 13.0. The van der Waals surface area contributed by atoms with Gasteiger partial charge in [-0.15, -0.1) is 0 Å². The van der Waals surface area contributed by atoms with E-state index in [1.54, 1.807) is 0 Å². The molecule has 118 valence electrons. The Morgan fingerprint density at radius 1 is 1.10 bits per heavy atom. The molecule has 21 heavy (non-hydrogen) atoms. The van der Waals surface area contributed by atoms with E-state index in [-0.39, 0.29) is 17.9 Å². The highest BCUT2D eigenvalue weighted by Crippen LogP contribution is 2.36. The fourth-order valence-electron chi connectivity index (χ4n) is 4.51. The molecule has 3 aliphatic rings. The summed E-state index contributed by atoms with van der Waals surface area (Å²) in [6.07, 6.45) is 10.8. The van der Waals surface area contributed by atoms with Crippen LogP contribution in [0.15, 0.2) is 0 Å². The maximum absolute atomic E-state index is 13.0. The normalized spacial score (nSPS) is 30.0. The summed E-state index contributed by atoms with van der Waals surface area (Å²) in [5.74, 6) is 0.882. The van der Waals surface area contributed by atoms with Gasteiger partial charge in [0.1, 0.15) is 11.6 Å². The van der Waals surface area contributed by atoms with Crippen molar-refractivity contribution in [1.82, 2.24) is 10.2 Å². The molecule has 1 N–H and O–H groups in total. The van der Waals surface area contributed by atoms with Gasteiger partial charge in [-0.1, -0.05) is 39.0 Å². The summed E-state index contributed by atoms with van der Waals surface area (Å²) >= 11 is 0. The third-order valence-electron chi connectivity index (χ3n) is 5.74. The van der Waals surface area contributed by atoms with Crippen LogP contribution < -0.4 is 5.32 Å². The minimum atomic E-state index is -0.558. The van der Waals surface area contributed by atoms with Crippen LogP contribution in [0, 0.1) is 5.92 Å². The Morgan fingerprint density at radius 2 is 1.76 bits per heavy atom. The molecule has 0 bridgehead atoms. The second-order valence-corrected chi connectivity index (χ2v) is 7.16. The minimum Gasteiger partial charge on any atom is -0.340 e. The summed E-state index contributed by atoms with van der Waals surface area (Å²) < 4.78 is 0. The van der Waals surface area contributed by atoms with E-state index in [4.69, 9.17) is 0 Å². The summed E-state index contributed by atoms with van der Waals surface area (Å²) in [6.45, 7) is 2.81. The summed E-state index contributed by atoms with van der Waals surface area (Å²) in [4.78, 5) is 27.5. The standard InChI is InChI=1S/C17H28N2O2/c1-2-14-15(20)18-17(10-6-7-11-17)16(21)19(14)12-13-8-4-3-5-9-13/h13-14H,2-12H2,1H3,(H,18,20). The zero-order chi connectivity index (χ0) is 14.9. The van der Waals surface area contributed by atoms with Crippen molar-refractivity contribution >= 4 is 11.8 Å². The van der Waals surface area contributed by atoms with Crippen LogP contribution in [0.1, 0.15) is 71.1 Å². The third-order valence-corrected chi connectivity index (χ3v) is 5.74. The Balaban J connectivity index is 1.78. The van der Waals surface area contributed by atoms with Crippen LogP contribution in [0.5, 0.6) is 0 Å². The average Bonchev–Trinajstić information content (AvgIpc) is 2.95. The number of hydrogen-bond donors (Lipinski definition) is 1. The molecule has 0 aromatic rings. The number of nitrogens with zero attached hydrogens (tertiary/aromatic N) is 1. The van der Waals surface area contributed by atoms with Gasteiger partial charge in [-0.05, 0) is 38.0 Å². The topological polar surface area (TPSA) is 49.4 Å². The van der Waals surface area contributed by atoms with E-state index in [1.807, 2.05) is 11.8 Å². The van der Waals surface area contributed by atoms with Crippen molar-refractivity contribution < 1.29 is 9.59 Å². The summed E-state index contributed by atoms with van der Waals surface area (Å²) in [5.41, 5.74) is -0.558. The first-order chi connectivity index (χ1) is 10.2. The van der Waals surface area contributed by atoms with E-state index in [0.717, 1.165) is 38.6 Å². The molecule has 3 fully saturated rings. The minimum absolute atomic E-state index is 0.0785. The Hall–Kier alpha value is -1.06. The molecule has 1 aliphatic heterocycles. The summed E-state index contributed by atoms with van der Waals surface area (Å²) in [7, 11) is 0. The highest BCUT2D eigenvalue weighted by molar-refractivity contribution is 6.00. The SMILES string of the molecule is CCC1C(=O)NC2(CCCC2)C(=O)N1CC1CCCCC1. The van der Waals surface area contributed by atoms with Crippen molar-refractivity contribution in [2.45, 2.75) is 82.7 Å². The molecular formula is C17H28N2O2. The molecule has 1 spiro atoms. The van der Waals surface area contributed by atoms with E-state index in [0.29, 0.717) is 5.92 Å². The van der Waals surface area contributed by atoms with Crippen molar-refractivity contribution in [3.05, 3.63) is 0 Å². The Bertz CT molecular complexity index is 409. The smallest absolute Gasteiger partial charge is 0.249 e. The number of amides is 2. The predicted octanol–water partition coefficient (Wildman–Crippen LogP) is 2.62. The van der Waals surface area contributed by atoms with Gasteiger partial charge in [0.15, 0.2) is 0 Å². The molecule has 2 amide bonds. The van der Waals surface area contributed by atoms with Crippen molar-refractivity contribution in [2.75, 3.05) is 6.54 Å². The lowest BCUT2D eigenvalue weighted by molar-refractivity contribution is -0.156. The Labute approximate surface area is 127 Å². The Morgan fingerprint density at radius 3 is 2.38 bits per heavy atom. The molecule has 0 radical (unpaired) electrons. The fourth-order valence-corrected chi connectivity index (χ4v) is 4.51. The first-order valence-electron chi connectivity index (χ1n) is 8.79. The molecule has 2 saturated carbocycles. The van der Waals surface area contributed by atoms with E-state index >= 15 is 0 Å². The van der Waals surface area contributed by atoms with Gasteiger partial charge in [-0.3, -0.25) is 9.59 Å². The summed E-state index contributed by atoms with van der Waals surface area (Å²) in [6, 6.07) is -0.245. The predicted molar refractivity (Wildman–Crippen MR) is 81.7 cm³/mol. The molecule has 3 rings (SSSR count). The van der Waals surface area contributed by atoms with Crippen molar-refractivity contribution in [2.24, 2.45) is 5.92 Å². The Kier molecular flexibility index (Phi) is 4.23. The zero-order valence-electron chi connectivity index (χ0n) is 13.2. The quantitative estimate of drug-likeness (QED) is 0.869. The van der Waals surface area contributed by atoms with Gasteiger partial charge < -0.3 is 10.2 Å². The molecule has 1 atom stereocenters. The molecule has 0 aromatic heterocycles. The first kappa shape index (κ1) is 14.9. The molecule has 2 aliphatic carbocycles. The van der Waals surface area contributed by atoms with Gasteiger partial charge in [0.25, 0.3) is 0 Å². The van der Waals surface area contributed by atoms with Gasteiger partial charge in [-0.25, -0.2) is 0 Å². The lowest BCUT2D eigenvalue weighted by Crippen LogP contribution is -2.69. The number of piperazine rings is 1. The number of nitrogens with one attached hydrogen (secondary N) is 1. The largest absolute Gasteiger partial charge is 0.340 e. The van der Waals surface area contributed by atoms with Crippen molar-refractivity contribution in [3.63, 3.8) is 0 Å². The van der Waals surface area contributed by atoms with Crippen LogP contribution >= 0.6 is 0 Å². The molecule has 1 saturated heterocycles. The highest BCUT2D eigenvalue weighted by atomic mass is 16.2. The van der Waals surface area contributed by atoms with Gasteiger partial charge in [0.2, 0.25) is 11.8 Å². The van der Waals surface area contributed by atoms with Crippen LogP contribution in [0.2, 0.25) is 0 Å². The van der Waals surface area contributed by atoms with Crippen LogP contribution in [0.25, 0.3) is 0 Å². The van der Waals surface area contributed by atoms with Crippen molar-refractivity contribution in [3.8, 4) is 0 Å². The summed E-state index contributed by atoms with van der Waals surface area (Å²) in [5, 5.41) is 3.08. The van der Waals surface area contributed by atoms with Gasteiger partial charge in [0, 0.05) is 6.54 Å². The second-order valence-electron chi connectivity index (χ2n) is 7.16. The highest BCUT2D eigenvalue weighted by Gasteiger charge is 2.51. The number of hydrogen-bond acceptors (Lipinski definition) is 2. The monoisotopic (exact) mass is 292 g/mol.